The van der Waals surface area contributed by atoms with Crippen molar-refractivity contribution >= 4 is 12.6 Å². The third kappa shape index (κ3) is 4.25. The first-order valence-corrected chi connectivity index (χ1v) is 8.70. The SMILES string of the molecule is CCN(CC)/[N+]([O-])=N/OCc1ccccc1B1OC(C)(C)C(C)(C)O1. The predicted molar refractivity (Wildman–Crippen MR) is 95.9 cm³/mol. The van der Waals surface area contributed by atoms with Crippen LogP contribution in [0.2, 0.25) is 0 Å². The summed E-state index contributed by atoms with van der Waals surface area (Å²) in [5.41, 5.74) is 0.934. The maximum absolute atomic E-state index is 11.8. The zero-order valence-corrected chi connectivity index (χ0v) is 16.0. The van der Waals surface area contributed by atoms with Gasteiger partial charge in [0, 0.05) is 0 Å². The van der Waals surface area contributed by atoms with Gasteiger partial charge in [-0.2, -0.15) is 0 Å². The summed E-state index contributed by atoms with van der Waals surface area (Å²) in [7, 11) is -0.476. The highest BCUT2D eigenvalue weighted by Crippen LogP contribution is 2.36. The normalized spacial score (nSPS) is 19.1. The van der Waals surface area contributed by atoms with E-state index in [1.807, 2.05) is 65.8 Å². The van der Waals surface area contributed by atoms with Crippen molar-refractivity contribution in [1.82, 2.24) is 5.01 Å². The van der Waals surface area contributed by atoms with Gasteiger partial charge in [-0.05, 0) is 52.6 Å². The zero-order chi connectivity index (χ0) is 18.7. The number of nitrogens with zero attached hydrogens (tertiary/aromatic N) is 3. The molecule has 1 heterocycles. The first kappa shape index (κ1) is 19.5. The smallest absolute Gasteiger partial charge is 0.495 e. The molecule has 8 heteroatoms. The van der Waals surface area contributed by atoms with E-state index in [0.29, 0.717) is 18.1 Å². The Bertz CT molecular complexity index is 602. The molecule has 0 N–H and O–H groups in total. The zero-order valence-electron chi connectivity index (χ0n) is 16.0. The minimum Gasteiger partial charge on any atom is -0.569 e. The van der Waals surface area contributed by atoms with Gasteiger partial charge in [-0.25, -0.2) is 0 Å². The molecule has 0 atom stereocenters. The van der Waals surface area contributed by atoms with E-state index in [9.17, 15) is 5.21 Å². The molecule has 25 heavy (non-hydrogen) atoms. The Hall–Kier alpha value is -1.80. The lowest BCUT2D eigenvalue weighted by atomic mass is 9.76. The Kier molecular flexibility index (Phi) is 5.95. The first-order valence-electron chi connectivity index (χ1n) is 8.70. The molecular formula is C17H28BN3O4. The molecule has 2 rings (SSSR count). The highest BCUT2D eigenvalue weighted by atomic mass is 16.7. The van der Waals surface area contributed by atoms with Crippen LogP contribution in [-0.4, -0.2) is 41.4 Å². The van der Waals surface area contributed by atoms with E-state index in [-0.39, 0.29) is 6.61 Å². The van der Waals surface area contributed by atoms with Crippen LogP contribution >= 0.6 is 0 Å². The van der Waals surface area contributed by atoms with Crippen LogP contribution in [-0.2, 0) is 20.8 Å². The van der Waals surface area contributed by atoms with E-state index in [4.69, 9.17) is 14.1 Å². The summed E-state index contributed by atoms with van der Waals surface area (Å²) in [6.07, 6.45) is 0. The summed E-state index contributed by atoms with van der Waals surface area (Å²) in [5.74, 6) is 0. The molecule has 7 nitrogen and oxygen atoms in total. The molecule has 0 saturated carbocycles. The van der Waals surface area contributed by atoms with Crippen molar-refractivity contribution in [3.63, 3.8) is 0 Å². The molecule has 0 unspecified atom stereocenters. The third-order valence-electron chi connectivity index (χ3n) is 4.88. The van der Waals surface area contributed by atoms with Gasteiger partial charge >= 0.3 is 7.12 Å². The summed E-state index contributed by atoms with van der Waals surface area (Å²) in [6.45, 7) is 13.1. The van der Waals surface area contributed by atoms with Crippen LogP contribution in [0, 0.1) is 5.21 Å². The van der Waals surface area contributed by atoms with Gasteiger partial charge < -0.3 is 19.4 Å². The second-order valence-corrected chi connectivity index (χ2v) is 7.03. The van der Waals surface area contributed by atoms with Gasteiger partial charge in [0.2, 0.25) is 5.28 Å². The minimum atomic E-state index is -0.476. The van der Waals surface area contributed by atoms with Crippen molar-refractivity contribution in [3.05, 3.63) is 35.0 Å². The number of hydrogen-bond donors (Lipinski definition) is 0. The predicted octanol–water partition coefficient (Wildman–Crippen LogP) is 2.64. The highest BCUT2D eigenvalue weighted by molar-refractivity contribution is 6.62. The fourth-order valence-electron chi connectivity index (χ4n) is 2.53. The Morgan fingerprint density at radius 1 is 1.12 bits per heavy atom. The summed E-state index contributed by atoms with van der Waals surface area (Å²) in [6, 6.07) is 7.70. The van der Waals surface area contributed by atoms with Gasteiger partial charge in [-0.1, -0.05) is 24.3 Å². The molecule has 1 fully saturated rings. The third-order valence-corrected chi connectivity index (χ3v) is 4.88. The molecule has 0 spiro atoms. The molecule has 0 bridgehead atoms. The molecule has 0 aliphatic carbocycles. The molecule has 1 aliphatic heterocycles. The lowest BCUT2D eigenvalue weighted by Crippen LogP contribution is -2.41. The van der Waals surface area contributed by atoms with Crippen LogP contribution in [0.15, 0.2) is 29.5 Å². The highest BCUT2D eigenvalue weighted by Gasteiger charge is 2.52. The first-order chi connectivity index (χ1) is 11.7. The van der Waals surface area contributed by atoms with Crippen LogP contribution in [0.3, 0.4) is 0 Å². The van der Waals surface area contributed by atoms with Crippen molar-refractivity contribution in [2.75, 3.05) is 13.1 Å². The van der Waals surface area contributed by atoms with Gasteiger partial charge in [0.15, 0.2) is 0 Å². The second kappa shape index (κ2) is 7.62. The van der Waals surface area contributed by atoms with E-state index in [1.54, 1.807) is 0 Å². The Morgan fingerprint density at radius 2 is 1.68 bits per heavy atom. The molecule has 1 aliphatic rings. The Morgan fingerprint density at radius 3 is 2.24 bits per heavy atom. The van der Waals surface area contributed by atoms with Crippen LogP contribution in [0.4, 0.5) is 0 Å². The van der Waals surface area contributed by atoms with Crippen molar-refractivity contribution in [2.24, 2.45) is 5.28 Å². The second-order valence-electron chi connectivity index (χ2n) is 7.03. The number of rotatable bonds is 7. The maximum atomic E-state index is 11.8. The summed E-state index contributed by atoms with van der Waals surface area (Å²) >= 11 is 0. The van der Waals surface area contributed by atoms with Crippen molar-refractivity contribution in [2.45, 2.75) is 59.4 Å². The molecule has 1 aromatic rings. The Balaban J connectivity index is 2.11. The quantitative estimate of drug-likeness (QED) is 0.328. The molecule has 0 radical (unpaired) electrons. The van der Waals surface area contributed by atoms with Gasteiger partial charge in [-0.15, -0.1) is 5.01 Å². The topological polar surface area (TPSA) is 69.4 Å². The van der Waals surface area contributed by atoms with Gasteiger partial charge in [0.05, 0.1) is 29.3 Å². The average molecular weight is 349 g/mol. The van der Waals surface area contributed by atoms with Gasteiger partial charge in [-0.3, -0.25) is 0 Å². The monoisotopic (exact) mass is 349 g/mol. The summed E-state index contributed by atoms with van der Waals surface area (Å²) < 4.78 is 12.2. The van der Waals surface area contributed by atoms with E-state index >= 15 is 0 Å². The molecule has 138 valence electrons. The van der Waals surface area contributed by atoms with Crippen LogP contribution in [0.1, 0.15) is 47.1 Å². The number of hydrazine groups is 1. The van der Waals surface area contributed by atoms with Gasteiger partial charge in [0.25, 0.3) is 0 Å². The number of hydrogen-bond acceptors (Lipinski definition) is 5. The van der Waals surface area contributed by atoms with Crippen molar-refractivity contribution in [3.8, 4) is 0 Å². The maximum Gasteiger partial charge on any atom is 0.495 e. The molecule has 1 aromatic carbocycles. The lowest BCUT2D eigenvalue weighted by Gasteiger charge is -2.32. The fraction of sp³-hybridized carbons (Fsp3) is 0.647. The van der Waals surface area contributed by atoms with Crippen molar-refractivity contribution < 1.29 is 19.1 Å². The van der Waals surface area contributed by atoms with E-state index in [2.05, 4.69) is 5.28 Å². The largest absolute Gasteiger partial charge is 0.569 e. The standard InChI is InChI=1S/C17H28BN3O4/c1-7-20(8-2)21(22)19-23-13-14-11-9-10-12-15(14)18-24-16(3,4)17(5,6)25-18/h9-12H,7-8,13H2,1-6H3/b21-19-. The molecular weight excluding hydrogens is 321 g/mol. The van der Waals surface area contributed by atoms with Crippen molar-refractivity contribution in [1.29, 1.82) is 0 Å². The Labute approximate surface area is 150 Å². The number of benzene rings is 1. The van der Waals surface area contributed by atoms with E-state index in [1.165, 1.54) is 5.01 Å². The van der Waals surface area contributed by atoms with E-state index in [0.717, 1.165) is 11.0 Å². The summed E-state index contributed by atoms with van der Waals surface area (Å²) in [4.78, 5) is 5.74. The summed E-state index contributed by atoms with van der Waals surface area (Å²) in [5, 5.41) is 16.9. The van der Waals surface area contributed by atoms with E-state index < -0.39 is 18.3 Å². The fourth-order valence-corrected chi connectivity index (χ4v) is 2.53. The molecule has 1 saturated heterocycles. The lowest BCUT2D eigenvalue weighted by molar-refractivity contribution is -0.710. The van der Waals surface area contributed by atoms with Crippen LogP contribution < -0.4 is 5.46 Å². The molecule has 0 aromatic heterocycles. The minimum absolute atomic E-state index is 0.167. The van der Waals surface area contributed by atoms with Crippen LogP contribution in [0.5, 0.6) is 0 Å². The van der Waals surface area contributed by atoms with Crippen LogP contribution in [0.25, 0.3) is 0 Å². The molecule has 0 amide bonds. The van der Waals surface area contributed by atoms with Gasteiger partial charge in [0.1, 0.15) is 6.61 Å². The average Bonchev–Trinajstić information content (AvgIpc) is 2.77.